The first-order valence-electron chi connectivity index (χ1n) is 5.11. The lowest BCUT2D eigenvalue weighted by Crippen LogP contribution is -2.45. The van der Waals surface area contributed by atoms with Crippen molar-refractivity contribution in [2.45, 2.75) is 46.0 Å². The van der Waals surface area contributed by atoms with Gasteiger partial charge in [-0.05, 0) is 12.8 Å². The van der Waals surface area contributed by atoms with Gasteiger partial charge >= 0.3 is 0 Å². The van der Waals surface area contributed by atoms with Crippen LogP contribution in [0.1, 0.15) is 46.0 Å². The molecule has 2 nitrogen and oxygen atoms in total. The Hall–Kier alpha value is -0.220. The van der Waals surface area contributed by atoms with Gasteiger partial charge in [0.05, 0.1) is 15.4 Å². The van der Waals surface area contributed by atoms with Gasteiger partial charge in [0.15, 0.2) is 0 Å². The third-order valence-corrected chi connectivity index (χ3v) is 3.54. The summed E-state index contributed by atoms with van der Waals surface area (Å²) in [4.78, 5) is 0.896. The van der Waals surface area contributed by atoms with Crippen LogP contribution in [0.25, 0.3) is 0 Å². The van der Waals surface area contributed by atoms with Crippen molar-refractivity contribution in [1.82, 2.24) is 0 Å². The van der Waals surface area contributed by atoms with Crippen LogP contribution in [0, 0.1) is 5.41 Å². The van der Waals surface area contributed by atoms with Crippen LogP contribution in [0.15, 0.2) is 0 Å². The third-order valence-electron chi connectivity index (χ3n) is 2.75. The van der Waals surface area contributed by atoms with Crippen LogP contribution in [0.2, 0.25) is 0 Å². The fourth-order valence-corrected chi connectivity index (χ4v) is 2.35. The maximum absolute atomic E-state index is 5.73. The molecule has 0 aliphatic heterocycles. The summed E-state index contributed by atoms with van der Waals surface area (Å²) < 4.78 is 0. The third kappa shape index (κ3) is 3.17. The smallest absolute Gasteiger partial charge is 0.0858 e. The number of hydrogen-bond acceptors (Lipinski definition) is 2. The topological polar surface area (TPSA) is 52.0 Å². The summed E-state index contributed by atoms with van der Waals surface area (Å²) in [6, 6.07) is 0. The summed E-state index contributed by atoms with van der Waals surface area (Å²) in [7, 11) is 0. The zero-order valence-electron chi connectivity index (χ0n) is 9.01. The molecule has 0 fully saturated rings. The van der Waals surface area contributed by atoms with E-state index in [4.69, 9.17) is 35.9 Å². The molecule has 0 bridgehead atoms. The molecule has 4 heteroatoms. The predicted molar refractivity (Wildman–Crippen MR) is 70.4 cm³/mol. The van der Waals surface area contributed by atoms with E-state index in [2.05, 4.69) is 6.92 Å². The number of nitrogens with two attached hydrogens (primary N) is 2. The second kappa shape index (κ2) is 6.30. The molecule has 0 aromatic rings. The molecule has 0 amide bonds. The molecule has 0 heterocycles. The molecule has 0 aliphatic carbocycles. The van der Waals surface area contributed by atoms with Crippen molar-refractivity contribution in [2.24, 2.45) is 16.9 Å². The van der Waals surface area contributed by atoms with E-state index in [1.54, 1.807) is 0 Å². The van der Waals surface area contributed by atoms with Crippen LogP contribution in [-0.2, 0) is 0 Å². The molecule has 4 N–H and O–H groups in total. The highest BCUT2D eigenvalue weighted by molar-refractivity contribution is 7.82. The molecule has 0 atom stereocenters. The Balaban J connectivity index is 4.52. The number of unbranched alkanes of at least 4 members (excludes halogenated alkanes) is 2. The lowest BCUT2D eigenvalue weighted by atomic mass is 9.80. The molecule has 0 radical (unpaired) electrons. The summed E-state index contributed by atoms with van der Waals surface area (Å²) in [5.74, 6) is 0. The molecule has 0 saturated carbocycles. The predicted octanol–water partition coefficient (Wildman–Crippen LogP) is 2.54. The highest BCUT2D eigenvalue weighted by Crippen LogP contribution is 2.30. The number of thiocarbonyl (C=S) groups is 2. The monoisotopic (exact) mass is 232 g/mol. The highest BCUT2D eigenvalue weighted by atomic mass is 32.1. The average Bonchev–Trinajstić information content (AvgIpc) is 2.11. The Morgan fingerprint density at radius 2 is 1.57 bits per heavy atom. The van der Waals surface area contributed by atoms with Crippen molar-refractivity contribution in [3.05, 3.63) is 0 Å². The molecule has 82 valence electrons. The molecule has 0 spiro atoms. The minimum absolute atomic E-state index is 0.389. The molecule has 0 aromatic heterocycles. The SMILES string of the molecule is CCCCCC(CC)(C(N)=S)C(N)=S. The normalized spacial score (nSPS) is 11.3. The van der Waals surface area contributed by atoms with E-state index in [0.717, 1.165) is 19.3 Å². The lowest BCUT2D eigenvalue weighted by Gasteiger charge is -2.30. The summed E-state index contributed by atoms with van der Waals surface area (Å²) in [5.41, 5.74) is 11.1. The van der Waals surface area contributed by atoms with E-state index >= 15 is 0 Å². The van der Waals surface area contributed by atoms with Crippen molar-refractivity contribution < 1.29 is 0 Å². The van der Waals surface area contributed by atoms with Crippen molar-refractivity contribution in [3.63, 3.8) is 0 Å². The molecule has 0 saturated heterocycles. The molecule has 0 rings (SSSR count). The summed E-state index contributed by atoms with van der Waals surface area (Å²) >= 11 is 10.1. The quantitative estimate of drug-likeness (QED) is 0.523. The fraction of sp³-hybridized carbons (Fsp3) is 0.800. The van der Waals surface area contributed by atoms with Crippen LogP contribution in [-0.4, -0.2) is 9.98 Å². The Labute approximate surface area is 97.4 Å². The minimum Gasteiger partial charge on any atom is -0.393 e. The molecule has 0 unspecified atom stereocenters. The van der Waals surface area contributed by atoms with Gasteiger partial charge in [-0.25, -0.2) is 0 Å². The van der Waals surface area contributed by atoms with Gasteiger partial charge in [-0.3, -0.25) is 0 Å². The van der Waals surface area contributed by atoms with Crippen LogP contribution in [0.4, 0.5) is 0 Å². The van der Waals surface area contributed by atoms with Crippen molar-refractivity contribution in [1.29, 1.82) is 0 Å². The Bertz CT molecular complexity index is 200. The van der Waals surface area contributed by atoms with Crippen LogP contribution < -0.4 is 11.5 Å². The number of rotatable bonds is 7. The van der Waals surface area contributed by atoms with Gasteiger partial charge in [0, 0.05) is 0 Å². The van der Waals surface area contributed by atoms with E-state index < -0.39 is 0 Å². The van der Waals surface area contributed by atoms with Gasteiger partial charge in [0.1, 0.15) is 0 Å². The zero-order chi connectivity index (χ0) is 11.2. The van der Waals surface area contributed by atoms with E-state index in [-0.39, 0.29) is 5.41 Å². The fourth-order valence-electron chi connectivity index (χ4n) is 1.57. The molecular weight excluding hydrogens is 212 g/mol. The van der Waals surface area contributed by atoms with Gasteiger partial charge in [-0.1, -0.05) is 57.5 Å². The van der Waals surface area contributed by atoms with Gasteiger partial charge in [0.2, 0.25) is 0 Å². The van der Waals surface area contributed by atoms with Gasteiger partial charge in [0.25, 0.3) is 0 Å². The first-order valence-corrected chi connectivity index (χ1v) is 5.92. The van der Waals surface area contributed by atoms with E-state index in [9.17, 15) is 0 Å². The lowest BCUT2D eigenvalue weighted by molar-refractivity contribution is 0.476. The van der Waals surface area contributed by atoms with Crippen molar-refractivity contribution >= 4 is 34.4 Å². The average molecular weight is 232 g/mol. The standard InChI is InChI=1S/C10H20N2S2/c1-3-5-6-7-10(4-2,8(11)13)9(12)14/h3-7H2,1-2H3,(H2,11,13)(H2,12,14). The molecule has 0 aliphatic rings. The van der Waals surface area contributed by atoms with Gasteiger partial charge in [-0.2, -0.15) is 0 Å². The second-order valence-corrected chi connectivity index (χ2v) is 4.50. The summed E-state index contributed by atoms with van der Waals surface area (Å²) in [6.07, 6.45) is 5.13. The maximum Gasteiger partial charge on any atom is 0.0858 e. The largest absolute Gasteiger partial charge is 0.393 e. The summed E-state index contributed by atoms with van der Waals surface area (Å²) in [5, 5.41) is 0. The Morgan fingerprint density at radius 3 is 1.86 bits per heavy atom. The number of hydrogen-bond donors (Lipinski definition) is 2. The van der Waals surface area contributed by atoms with Crippen LogP contribution >= 0.6 is 24.4 Å². The first-order chi connectivity index (χ1) is 6.51. The summed E-state index contributed by atoms with van der Waals surface area (Å²) in [6.45, 7) is 4.19. The van der Waals surface area contributed by atoms with E-state index in [1.807, 2.05) is 6.92 Å². The maximum atomic E-state index is 5.73. The van der Waals surface area contributed by atoms with Gasteiger partial charge < -0.3 is 11.5 Å². The van der Waals surface area contributed by atoms with E-state index in [1.165, 1.54) is 12.8 Å². The highest BCUT2D eigenvalue weighted by Gasteiger charge is 2.34. The van der Waals surface area contributed by atoms with Crippen LogP contribution in [0.3, 0.4) is 0 Å². The van der Waals surface area contributed by atoms with E-state index in [0.29, 0.717) is 9.98 Å². The second-order valence-electron chi connectivity index (χ2n) is 3.62. The molecular formula is C10H20N2S2. The zero-order valence-corrected chi connectivity index (χ0v) is 10.6. The van der Waals surface area contributed by atoms with Crippen molar-refractivity contribution in [2.75, 3.05) is 0 Å². The minimum atomic E-state index is -0.389. The first kappa shape index (κ1) is 13.8. The van der Waals surface area contributed by atoms with Gasteiger partial charge in [-0.15, -0.1) is 0 Å². The Morgan fingerprint density at radius 1 is 1.07 bits per heavy atom. The van der Waals surface area contributed by atoms with Crippen LogP contribution in [0.5, 0.6) is 0 Å². The Kier molecular flexibility index (Phi) is 6.20. The van der Waals surface area contributed by atoms with Crippen molar-refractivity contribution in [3.8, 4) is 0 Å². The molecule has 0 aromatic carbocycles. The molecule has 14 heavy (non-hydrogen) atoms.